The molecule has 0 radical (unpaired) electrons. The Balaban J connectivity index is 1.75. The van der Waals surface area contributed by atoms with Gasteiger partial charge < -0.3 is 23.7 Å². The zero-order chi connectivity index (χ0) is 24.5. The van der Waals surface area contributed by atoms with Gasteiger partial charge in [0, 0.05) is 11.1 Å². The molecule has 3 aromatic carbocycles. The van der Waals surface area contributed by atoms with Crippen molar-refractivity contribution in [1.82, 2.24) is 5.43 Å². The average molecular weight is 464 g/mol. The van der Waals surface area contributed by atoms with Gasteiger partial charge in [0.1, 0.15) is 11.5 Å². The van der Waals surface area contributed by atoms with Gasteiger partial charge >= 0.3 is 5.97 Å². The number of nitrogens with one attached hydrogen (secondary N) is 1. The maximum atomic E-state index is 12.8. The summed E-state index contributed by atoms with van der Waals surface area (Å²) in [6.45, 7) is 0. The summed E-state index contributed by atoms with van der Waals surface area (Å²) in [5.41, 5.74) is 3.55. The van der Waals surface area contributed by atoms with E-state index in [2.05, 4.69) is 10.5 Å². The lowest BCUT2D eigenvalue weighted by atomic mass is 10.1. The van der Waals surface area contributed by atoms with Crippen molar-refractivity contribution in [2.24, 2.45) is 5.10 Å². The van der Waals surface area contributed by atoms with E-state index < -0.39 is 11.9 Å². The fourth-order valence-corrected chi connectivity index (χ4v) is 3.01. The van der Waals surface area contributed by atoms with Gasteiger partial charge in [-0.1, -0.05) is 12.1 Å². The van der Waals surface area contributed by atoms with Crippen LogP contribution in [0.1, 0.15) is 26.3 Å². The molecule has 1 amide bonds. The lowest BCUT2D eigenvalue weighted by molar-refractivity contribution is 0.0733. The summed E-state index contributed by atoms with van der Waals surface area (Å²) in [6.07, 6.45) is 1.39. The predicted molar refractivity (Wildman–Crippen MR) is 126 cm³/mol. The molecule has 0 aliphatic carbocycles. The molecule has 34 heavy (non-hydrogen) atoms. The van der Waals surface area contributed by atoms with Crippen molar-refractivity contribution in [2.75, 3.05) is 28.4 Å². The summed E-state index contributed by atoms with van der Waals surface area (Å²) in [5.74, 6) is 0.872. The summed E-state index contributed by atoms with van der Waals surface area (Å²) < 4.78 is 26.5. The Labute approximate surface area is 196 Å². The third-order valence-electron chi connectivity index (χ3n) is 4.74. The second-order valence-electron chi connectivity index (χ2n) is 6.77. The van der Waals surface area contributed by atoms with Gasteiger partial charge in [0.2, 0.25) is 5.75 Å². The van der Waals surface area contributed by atoms with Crippen LogP contribution in [0, 0.1) is 0 Å². The van der Waals surface area contributed by atoms with Gasteiger partial charge in [-0.25, -0.2) is 10.2 Å². The van der Waals surface area contributed by atoms with Crippen molar-refractivity contribution < 1.29 is 33.3 Å². The highest BCUT2D eigenvalue weighted by Crippen LogP contribution is 2.38. The van der Waals surface area contributed by atoms with Gasteiger partial charge in [-0.05, 0) is 48.5 Å². The molecule has 0 unspecified atom stereocenters. The number of ether oxygens (including phenoxy) is 5. The molecule has 3 rings (SSSR count). The Kier molecular flexibility index (Phi) is 8.07. The van der Waals surface area contributed by atoms with E-state index in [1.165, 1.54) is 39.7 Å². The molecule has 0 bridgehead atoms. The maximum absolute atomic E-state index is 12.8. The van der Waals surface area contributed by atoms with Crippen LogP contribution in [0.4, 0.5) is 0 Å². The molecular weight excluding hydrogens is 440 g/mol. The van der Waals surface area contributed by atoms with Gasteiger partial charge in [-0.2, -0.15) is 5.10 Å². The van der Waals surface area contributed by atoms with E-state index in [1.807, 2.05) is 0 Å². The molecule has 176 valence electrons. The molecule has 9 heteroatoms. The minimum atomic E-state index is -0.637. The molecule has 3 aromatic rings. The summed E-state index contributed by atoms with van der Waals surface area (Å²) >= 11 is 0. The highest BCUT2D eigenvalue weighted by molar-refractivity contribution is 5.96. The van der Waals surface area contributed by atoms with Crippen LogP contribution in [0.15, 0.2) is 65.8 Å². The van der Waals surface area contributed by atoms with E-state index >= 15 is 0 Å². The number of rotatable bonds is 9. The minimum Gasteiger partial charge on any atom is -0.497 e. The smallest absolute Gasteiger partial charge is 0.343 e. The highest BCUT2D eigenvalue weighted by atomic mass is 16.5. The van der Waals surface area contributed by atoms with Gasteiger partial charge in [0.05, 0.1) is 40.2 Å². The second-order valence-corrected chi connectivity index (χ2v) is 6.77. The third kappa shape index (κ3) is 5.63. The average Bonchev–Trinajstić information content (AvgIpc) is 2.88. The number of hydrazone groups is 1. The van der Waals surface area contributed by atoms with E-state index in [4.69, 9.17) is 23.7 Å². The van der Waals surface area contributed by atoms with E-state index in [1.54, 1.807) is 55.6 Å². The van der Waals surface area contributed by atoms with Gasteiger partial charge in [-0.15, -0.1) is 0 Å². The first-order valence-corrected chi connectivity index (χ1v) is 10.1. The third-order valence-corrected chi connectivity index (χ3v) is 4.74. The Bertz CT molecular complexity index is 1170. The first kappa shape index (κ1) is 24.1. The molecule has 0 aliphatic heterocycles. The van der Waals surface area contributed by atoms with Crippen LogP contribution in [0.3, 0.4) is 0 Å². The Hall–Kier alpha value is -4.53. The first-order valence-electron chi connectivity index (χ1n) is 10.1. The number of hydrogen-bond donors (Lipinski definition) is 1. The van der Waals surface area contributed by atoms with Gasteiger partial charge in [0.25, 0.3) is 5.91 Å². The van der Waals surface area contributed by atoms with E-state index in [0.717, 1.165) is 0 Å². The largest absolute Gasteiger partial charge is 0.497 e. The van der Waals surface area contributed by atoms with Crippen molar-refractivity contribution in [3.05, 3.63) is 77.4 Å². The SMILES string of the molecule is COc1ccc(C(=O)N/N=C\c2ccccc2OC(=O)c2cc(OC)c(OC)c(OC)c2)cc1. The molecule has 9 nitrogen and oxygen atoms in total. The van der Waals surface area contributed by atoms with Crippen molar-refractivity contribution in [2.45, 2.75) is 0 Å². The number of carbonyl (C=O) groups excluding carboxylic acids is 2. The molecule has 0 aromatic heterocycles. The van der Waals surface area contributed by atoms with Crippen molar-refractivity contribution in [1.29, 1.82) is 0 Å². The van der Waals surface area contributed by atoms with Crippen molar-refractivity contribution >= 4 is 18.1 Å². The lowest BCUT2D eigenvalue weighted by Crippen LogP contribution is -2.17. The van der Waals surface area contributed by atoms with Crippen LogP contribution < -0.4 is 29.1 Å². The van der Waals surface area contributed by atoms with Gasteiger partial charge in [-0.3, -0.25) is 4.79 Å². The van der Waals surface area contributed by atoms with Gasteiger partial charge in [0.15, 0.2) is 11.5 Å². The maximum Gasteiger partial charge on any atom is 0.343 e. The number of hydrogen-bond acceptors (Lipinski definition) is 8. The summed E-state index contributed by atoms with van der Waals surface area (Å²) in [6, 6.07) is 16.4. The standard InChI is InChI=1S/C25H24N2O7/c1-30-19-11-9-16(10-12-19)24(28)27-26-15-17-7-5-6-8-20(17)34-25(29)18-13-21(31-2)23(33-4)22(14-18)32-3/h5-15H,1-4H3,(H,27,28)/b26-15-. The Morgan fingerprint density at radius 2 is 1.41 bits per heavy atom. The molecule has 0 saturated heterocycles. The number of esters is 1. The fourth-order valence-electron chi connectivity index (χ4n) is 3.01. The Morgan fingerprint density at radius 1 is 0.765 bits per heavy atom. The molecule has 1 N–H and O–H groups in total. The van der Waals surface area contributed by atoms with Crippen molar-refractivity contribution in [3.8, 4) is 28.7 Å². The minimum absolute atomic E-state index is 0.203. The van der Waals surface area contributed by atoms with E-state index in [9.17, 15) is 9.59 Å². The zero-order valence-corrected chi connectivity index (χ0v) is 19.2. The summed E-state index contributed by atoms with van der Waals surface area (Å²) in [4.78, 5) is 25.1. The quantitative estimate of drug-likeness (QED) is 0.223. The number of para-hydroxylation sites is 1. The van der Waals surface area contributed by atoms with Crippen LogP contribution in [0.25, 0.3) is 0 Å². The first-order chi connectivity index (χ1) is 16.5. The van der Waals surface area contributed by atoms with Crippen LogP contribution in [-0.4, -0.2) is 46.5 Å². The molecule has 0 heterocycles. The molecule has 0 aliphatic rings. The van der Waals surface area contributed by atoms with Crippen LogP contribution in [-0.2, 0) is 0 Å². The predicted octanol–water partition coefficient (Wildman–Crippen LogP) is 3.70. The summed E-state index contributed by atoms with van der Waals surface area (Å²) in [5, 5.41) is 3.98. The highest BCUT2D eigenvalue weighted by Gasteiger charge is 2.19. The second kappa shape index (κ2) is 11.4. The van der Waals surface area contributed by atoms with Crippen LogP contribution >= 0.6 is 0 Å². The topological polar surface area (TPSA) is 105 Å². The zero-order valence-electron chi connectivity index (χ0n) is 19.2. The molecule has 0 saturated carbocycles. The van der Waals surface area contributed by atoms with Crippen LogP contribution in [0.2, 0.25) is 0 Å². The van der Waals surface area contributed by atoms with E-state index in [-0.39, 0.29) is 11.3 Å². The molecule has 0 fully saturated rings. The lowest BCUT2D eigenvalue weighted by Gasteiger charge is -2.14. The summed E-state index contributed by atoms with van der Waals surface area (Å²) in [7, 11) is 5.93. The van der Waals surface area contributed by atoms with Crippen molar-refractivity contribution in [3.63, 3.8) is 0 Å². The fraction of sp³-hybridized carbons (Fsp3) is 0.160. The number of amides is 1. The molecule has 0 atom stereocenters. The van der Waals surface area contributed by atoms with E-state index in [0.29, 0.717) is 34.1 Å². The normalized spacial score (nSPS) is 10.5. The monoisotopic (exact) mass is 464 g/mol. The number of carbonyl (C=O) groups is 2. The number of nitrogens with zero attached hydrogens (tertiary/aromatic N) is 1. The molecular formula is C25H24N2O7. The number of methoxy groups -OCH3 is 4. The number of benzene rings is 3. The molecule has 0 spiro atoms. The van der Waals surface area contributed by atoms with Crippen LogP contribution in [0.5, 0.6) is 28.7 Å². The Morgan fingerprint density at radius 3 is 2.00 bits per heavy atom.